The number of nitrogens with one attached hydrogen (secondary N) is 1. The number of hydrogen-bond acceptors (Lipinski definition) is 3. The zero-order chi connectivity index (χ0) is 9.42. The van der Waals surface area contributed by atoms with Gasteiger partial charge in [-0.2, -0.15) is 5.26 Å². The molecule has 0 bridgehead atoms. The van der Waals surface area contributed by atoms with Gasteiger partial charge in [0.05, 0.1) is 16.1 Å². The number of imidazole rings is 1. The van der Waals surface area contributed by atoms with Gasteiger partial charge in [0.1, 0.15) is 11.6 Å². The number of halogens is 1. The van der Waals surface area contributed by atoms with Crippen molar-refractivity contribution >= 4 is 28.6 Å². The minimum atomic E-state index is 0.264. The van der Waals surface area contributed by atoms with Crippen LogP contribution in [0.25, 0.3) is 11.0 Å². The zero-order valence-corrected chi connectivity index (χ0v) is 7.26. The molecule has 0 amide bonds. The first-order valence-corrected chi connectivity index (χ1v) is 3.94. The van der Waals surface area contributed by atoms with E-state index in [1.807, 2.05) is 6.07 Å². The lowest BCUT2D eigenvalue weighted by molar-refractivity contribution is 1.35. The summed E-state index contributed by atoms with van der Waals surface area (Å²) in [6.07, 6.45) is 0. The Morgan fingerprint density at radius 3 is 3.00 bits per heavy atom. The van der Waals surface area contributed by atoms with Gasteiger partial charge in [0, 0.05) is 0 Å². The molecule has 1 aromatic carbocycles. The maximum Gasteiger partial charge on any atom is 0.198 e. The van der Waals surface area contributed by atoms with E-state index in [2.05, 4.69) is 9.97 Å². The second-order valence-electron chi connectivity index (χ2n) is 2.55. The van der Waals surface area contributed by atoms with Gasteiger partial charge >= 0.3 is 0 Å². The van der Waals surface area contributed by atoms with Crippen LogP contribution in [0.3, 0.4) is 0 Å². The van der Waals surface area contributed by atoms with Crippen LogP contribution in [0.2, 0.25) is 5.02 Å². The molecule has 0 saturated heterocycles. The van der Waals surface area contributed by atoms with Crippen molar-refractivity contribution in [2.24, 2.45) is 0 Å². The Kier molecular flexibility index (Phi) is 1.61. The summed E-state index contributed by atoms with van der Waals surface area (Å²) in [4.78, 5) is 6.74. The van der Waals surface area contributed by atoms with Gasteiger partial charge in [-0.1, -0.05) is 11.6 Å². The number of nitriles is 1. The highest BCUT2D eigenvalue weighted by Crippen LogP contribution is 2.24. The van der Waals surface area contributed by atoms with Gasteiger partial charge in [-0.05, 0) is 12.1 Å². The molecule has 5 heteroatoms. The lowest BCUT2D eigenvalue weighted by Gasteiger charge is -1.92. The third kappa shape index (κ3) is 1.10. The normalized spacial score (nSPS) is 10.2. The Hall–Kier alpha value is -1.73. The van der Waals surface area contributed by atoms with Crippen LogP contribution in [0.1, 0.15) is 5.56 Å². The number of nitrogens with two attached hydrogens (primary N) is 1. The number of anilines is 1. The van der Waals surface area contributed by atoms with E-state index >= 15 is 0 Å². The van der Waals surface area contributed by atoms with Gasteiger partial charge in [-0.3, -0.25) is 0 Å². The summed E-state index contributed by atoms with van der Waals surface area (Å²) in [5.74, 6) is 0.264. The first kappa shape index (κ1) is 7.90. The summed E-state index contributed by atoms with van der Waals surface area (Å²) in [5, 5.41) is 9.24. The molecule has 0 atom stereocenters. The molecule has 13 heavy (non-hydrogen) atoms. The second-order valence-corrected chi connectivity index (χ2v) is 2.96. The molecule has 4 nitrogen and oxygen atoms in total. The van der Waals surface area contributed by atoms with Crippen molar-refractivity contribution in [3.63, 3.8) is 0 Å². The van der Waals surface area contributed by atoms with E-state index in [0.717, 1.165) is 0 Å². The highest BCUT2D eigenvalue weighted by molar-refractivity contribution is 6.35. The van der Waals surface area contributed by atoms with Gasteiger partial charge < -0.3 is 10.7 Å². The van der Waals surface area contributed by atoms with E-state index in [-0.39, 0.29) is 5.95 Å². The largest absolute Gasteiger partial charge is 0.369 e. The van der Waals surface area contributed by atoms with Crippen LogP contribution in [0.15, 0.2) is 12.1 Å². The average Bonchev–Trinajstić information content (AvgIpc) is 2.48. The fraction of sp³-hybridized carbons (Fsp3) is 0. The van der Waals surface area contributed by atoms with Gasteiger partial charge in [0.15, 0.2) is 5.95 Å². The first-order valence-electron chi connectivity index (χ1n) is 3.56. The Balaban J connectivity index is 2.94. The third-order valence-electron chi connectivity index (χ3n) is 1.73. The highest BCUT2D eigenvalue weighted by Gasteiger charge is 2.08. The summed E-state index contributed by atoms with van der Waals surface area (Å²) in [6.45, 7) is 0. The summed E-state index contributed by atoms with van der Waals surface area (Å²) in [7, 11) is 0. The van der Waals surface area contributed by atoms with Crippen LogP contribution >= 0.6 is 11.6 Å². The molecule has 0 radical (unpaired) electrons. The second kappa shape index (κ2) is 2.64. The number of nitrogens with zero attached hydrogens (tertiary/aromatic N) is 2. The van der Waals surface area contributed by atoms with E-state index in [0.29, 0.717) is 21.6 Å². The fourth-order valence-corrected chi connectivity index (χ4v) is 1.37. The molecule has 3 N–H and O–H groups in total. The Bertz CT molecular complexity index is 509. The number of aromatic amines is 1. The molecule has 0 spiro atoms. The van der Waals surface area contributed by atoms with Gasteiger partial charge in [-0.15, -0.1) is 0 Å². The van der Waals surface area contributed by atoms with Gasteiger partial charge in [-0.25, -0.2) is 4.98 Å². The molecule has 2 aromatic rings. The molecule has 0 unspecified atom stereocenters. The lowest BCUT2D eigenvalue weighted by atomic mass is 10.2. The van der Waals surface area contributed by atoms with E-state index in [9.17, 15) is 0 Å². The van der Waals surface area contributed by atoms with E-state index < -0.39 is 0 Å². The van der Waals surface area contributed by atoms with Crippen LogP contribution in [0.5, 0.6) is 0 Å². The standard InChI is InChI=1S/C8H5ClN4/c9-5-2-1-4(3-10)6-7(5)13-8(11)12-6/h1-2H,(H3,11,12,13). The maximum absolute atomic E-state index is 8.75. The quantitative estimate of drug-likeness (QED) is 0.667. The molecule has 1 heterocycles. The van der Waals surface area contributed by atoms with Crippen LogP contribution in [-0.2, 0) is 0 Å². The van der Waals surface area contributed by atoms with Crippen molar-refractivity contribution in [3.8, 4) is 6.07 Å². The Morgan fingerprint density at radius 2 is 2.31 bits per heavy atom. The van der Waals surface area contributed by atoms with Gasteiger partial charge in [0.2, 0.25) is 0 Å². The summed E-state index contributed by atoms with van der Waals surface area (Å²) < 4.78 is 0. The number of H-pyrrole nitrogens is 1. The number of hydrogen-bond donors (Lipinski definition) is 2. The van der Waals surface area contributed by atoms with Crippen molar-refractivity contribution in [1.82, 2.24) is 9.97 Å². The fourth-order valence-electron chi connectivity index (χ4n) is 1.17. The molecule has 1 aromatic heterocycles. The van der Waals surface area contributed by atoms with E-state index in [4.69, 9.17) is 22.6 Å². The summed E-state index contributed by atoms with van der Waals surface area (Å²) >= 11 is 5.85. The Labute approximate surface area is 78.9 Å². The van der Waals surface area contributed by atoms with Crippen molar-refractivity contribution in [2.75, 3.05) is 5.73 Å². The van der Waals surface area contributed by atoms with E-state index in [1.165, 1.54) is 0 Å². The van der Waals surface area contributed by atoms with Crippen LogP contribution < -0.4 is 5.73 Å². The topological polar surface area (TPSA) is 78.5 Å². The van der Waals surface area contributed by atoms with Crippen molar-refractivity contribution < 1.29 is 0 Å². The maximum atomic E-state index is 8.75. The monoisotopic (exact) mass is 192 g/mol. The van der Waals surface area contributed by atoms with Crippen molar-refractivity contribution in [3.05, 3.63) is 22.7 Å². The molecular formula is C8H5ClN4. The molecule has 0 saturated carbocycles. The number of rotatable bonds is 0. The smallest absolute Gasteiger partial charge is 0.198 e. The van der Waals surface area contributed by atoms with Crippen molar-refractivity contribution in [2.45, 2.75) is 0 Å². The number of nitrogen functional groups attached to an aromatic ring is 1. The van der Waals surface area contributed by atoms with Gasteiger partial charge in [0.25, 0.3) is 0 Å². The summed E-state index contributed by atoms with van der Waals surface area (Å²) in [6, 6.07) is 5.28. The molecule has 0 aliphatic rings. The SMILES string of the molecule is N#Cc1ccc(Cl)c2nc(N)[nH]c12. The van der Waals surface area contributed by atoms with Crippen LogP contribution in [-0.4, -0.2) is 9.97 Å². The first-order chi connectivity index (χ1) is 6.22. The minimum Gasteiger partial charge on any atom is -0.369 e. The van der Waals surface area contributed by atoms with Crippen LogP contribution in [0, 0.1) is 11.3 Å². The Morgan fingerprint density at radius 1 is 1.54 bits per heavy atom. The number of fused-ring (bicyclic) bond motifs is 1. The predicted octanol–water partition coefficient (Wildman–Crippen LogP) is 1.67. The molecular weight excluding hydrogens is 188 g/mol. The zero-order valence-electron chi connectivity index (χ0n) is 6.50. The molecule has 0 fully saturated rings. The molecule has 64 valence electrons. The molecule has 0 aliphatic carbocycles. The number of aromatic nitrogens is 2. The molecule has 0 aliphatic heterocycles. The average molecular weight is 193 g/mol. The highest BCUT2D eigenvalue weighted by atomic mass is 35.5. The predicted molar refractivity (Wildman–Crippen MR) is 50.2 cm³/mol. The van der Waals surface area contributed by atoms with E-state index in [1.54, 1.807) is 12.1 Å². The summed E-state index contributed by atoms with van der Waals surface area (Å²) in [5.41, 5.74) is 7.07. The third-order valence-corrected chi connectivity index (χ3v) is 2.04. The molecule has 2 rings (SSSR count). The van der Waals surface area contributed by atoms with Crippen LogP contribution in [0.4, 0.5) is 5.95 Å². The lowest BCUT2D eigenvalue weighted by Crippen LogP contribution is -1.84. The van der Waals surface area contributed by atoms with Crippen molar-refractivity contribution in [1.29, 1.82) is 5.26 Å². The number of benzene rings is 1. The minimum absolute atomic E-state index is 0.264.